The number of benzene rings is 1. The van der Waals surface area contributed by atoms with Crippen LogP contribution in [0.1, 0.15) is 31.1 Å². The third-order valence-corrected chi connectivity index (χ3v) is 3.93. The lowest BCUT2D eigenvalue weighted by atomic mass is 10.1. The van der Waals surface area contributed by atoms with Crippen molar-refractivity contribution < 1.29 is 4.42 Å². The van der Waals surface area contributed by atoms with Gasteiger partial charge < -0.3 is 20.8 Å². The van der Waals surface area contributed by atoms with E-state index in [4.69, 9.17) is 10.2 Å². The number of nitrogens with one attached hydrogen (secondary N) is 2. The number of unbranched alkanes of at least 4 members (excludes halogenated alkanes) is 1. The van der Waals surface area contributed by atoms with Gasteiger partial charge in [-0.25, -0.2) is 9.97 Å². The van der Waals surface area contributed by atoms with E-state index >= 15 is 0 Å². The molecule has 0 bridgehead atoms. The number of aromatic nitrogens is 2. The summed E-state index contributed by atoms with van der Waals surface area (Å²) in [6.07, 6.45) is 6.63. The summed E-state index contributed by atoms with van der Waals surface area (Å²) in [7, 11) is 0. The number of nitrogens with zero attached hydrogens (tertiary/aromatic N) is 2. The minimum atomic E-state index is 0.476. The Morgan fingerprint density at radius 1 is 1.08 bits per heavy atom. The lowest BCUT2D eigenvalue weighted by Gasteiger charge is -2.12. The monoisotopic (exact) mass is 337 g/mol. The highest BCUT2D eigenvalue weighted by atomic mass is 16.3. The van der Waals surface area contributed by atoms with Gasteiger partial charge in [0.15, 0.2) is 11.6 Å². The highest BCUT2D eigenvalue weighted by Gasteiger charge is 2.09. The molecule has 3 aromatic rings. The molecule has 6 nitrogen and oxygen atoms in total. The molecule has 0 atom stereocenters. The number of anilines is 4. The van der Waals surface area contributed by atoms with Crippen molar-refractivity contribution in [3.05, 3.63) is 60.3 Å². The first-order valence-corrected chi connectivity index (χ1v) is 8.49. The molecule has 2 heterocycles. The van der Waals surface area contributed by atoms with Crippen LogP contribution in [0.5, 0.6) is 0 Å². The summed E-state index contributed by atoms with van der Waals surface area (Å²) in [6.45, 7) is 2.71. The molecule has 0 radical (unpaired) electrons. The van der Waals surface area contributed by atoms with E-state index in [1.165, 1.54) is 24.7 Å². The molecule has 1 aromatic carbocycles. The molecule has 130 valence electrons. The van der Waals surface area contributed by atoms with E-state index in [1.807, 2.05) is 24.3 Å². The minimum Gasteiger partial charge on any atom is -0.467 e. The fraction of sp³-hybridized carbons (Fsp3) is 0.263. The Labute approximate surface area is 147 Å². The van der Waals surface area contributed by atoms with Crippen LogP contribution in [-0.2, 0) is 13.0 Å². The minimum absolute atomic E-state index is 0.476. The van der Waals surface area contributed by atoms with Crippen molar-refractivity contribution in [2.45, 2.75) is 32.7 Å². The van der Waals surface area contributed by atoms with Crippen molar-refractivity contribution in [3.63, 3.8) is 0 Å². The Bertz CT molecular complexity index is 784. The second-order valence-electron chi connectivity index (χ2n) is 5.84. The van der Waals surface area contributed by atoms with E-state index in [0.717, 1.165) is 17.9 Å². The van der Waals surface area contributed by atoms with Gasteiger partial charge in [0.05, 0.1) is 12.8 Å². The van der Waals surface area contributed by atoms with E-state index in [0.29, 0.717) is 23.9 Å². The maximum absolute atomic E-state index is 6.19. The average Bonchev–Trinajstić information content (AvgIpc) is 3.15. The average molecular weight is 337 g/mol. The van der Waals surface area contributed by atoms with Crippen molar-refractivity contribution in [2.24, 2.45) is 0 Å². The maximum Gasteiger partial charge on any atom is 0.159 e. The number of nitrogen functional groups attached to an aromatic ring is 1. The summed E-state index contributed by atoms with van der Waals surface area (Å²) >= 11 is 0. The summed E-state index contributed by atoms with van der Waals surface area (Å²) in [5, 5.41) is 6.41. The van der Waals surface area contributed by atoms with Crippen molar-refractivity contribution in [1.29, 1.82) is 0 Å². The Morgan fingerprint density at radius 2 is 1.88 bits per heavy atom. The SMILES string of the molecule is CCCCc1ccc(Nc2ncnc(NCc3ccco3)c2N)cc1. The van der Waals surface area contributed by atoms with Crippen LogP contribution in [0.4, 0.5) is 23.0 Å². The first-order valence-electron chi connectivity index (χ1n) is 8.49. The lowest BCUT2D eigenvalue weighted by molar-refractivity contribution is 0.518. The molecule has 0 aliphatic carbocycles. The van der Waals surface area contributed by atoms with Crippen LogP contribution in [0.2, 0.25) is 0 Å². The number of hydrogen-bond donors (Lipinski definition) is 3. The zero-order valence-electron chi connectivity index (χ0n) is 14.3. The molecule has 3 rings (SSSR count). The van der Waals surface area contributed by atoms with Crippen LogP contribution in [-0.4, -0.2) is 9.97 Å². The largest absolute Gasteiger partial charge is 0.467 e. The normalized spacial score (nSPS) is 10.6. The molecule has 0 saturated carbocycles. The van der Waals surface area contributed by atoms with E-state index in [-0.39, 0.29) is 0 Å². The van der Waals surface area contributed by atoms with Gasteiger partial charge in [0.2, 0.25) is 0 Å². The van der Waals surface area contributed by atoms with Crippen LogP contribution >= 0.6 is 0 Å². The highest BCUT2D eigenvalue weighted by Crippen LogP contribution is 2.26. The van der Waals surface area contributed by atoms with E-state index in [9.17, 15) is 0 Å². The Kier molecular flexibility index (Phi) is 5.51. The third kappa shape index (κ3) is 4.50. The van der Waals surface area contributed by atoms with Gasteiger partial charge in [-0.3, -0.25) is 0 Å². The predicted molar refractivity (Wildman–Crippen MR) is 101 cm³/mol. The number of rotatable bonds is 8. The second kappa shape index (κ2) is 8.19. The van der Waals surface area contributed by atoms with Crippen LogP contribution in [0.25, 0.3) is 0 Å². The van der Waals surface area contributed by atoms with Gasteiger partial charge in [-0.2, -0.15) is 0 Å². The number of nitrogens with two attached hydrogens (primary N) is 1. The molecule has 0 unspecified atom stereocenters. The van der Waals surface area contributed by atoms with Gasteiger partial charge in [0.1, 0.15) is 17.8 Å². The Morgan fingerprint density at radius 3 is 2.60 bits per heavy atom. The quantitative estimate of drug-likeness (QED) is 0.566. The topological polar surface area (TPSA) is 89.0 Å². The van der Waals surface area contributed by atoms with Gasteiger partial charge >= 0.3 is 0 Å². The van der Waals surface area contributed by atoms with Crippen molar-refractivity contribution in [3.8, 4) is 0 Å². The van der Waals surface area contributed by atoms with Crippen LogP contribution < -0.4 is 16.4 Å². The zero-order valence-corrected chi connectivity index (χ0v) is 14.3. The zero-order chi connectivity index (χ0) is 17.5. The van der Waals surface area contributed by atoms with Crippen LogP contribution in [0, 0.1) is 0 Å². The molecular weight excluding hydrogens is 314 g/mol. The van der Waals surface area contributed by atoms with Gasteiger partial charge in [-0.05, 0) is 42.7 Å². The van der Waals surface area contributed by atoms with Crippen molar-refractivity contribution >= 4 is 23.0 Å². The van der Waals surface area contributed by atoms with E-state index in [2.05, 4.69) is 39.7 Å². The van der Waals surface area contributed by atoms with Gasteiger partial charge in [0, 0.05) is 5.69 Å². The predicted octanol–water partition coefficient (Wildman–Crippen LogP) is 4.35. The van der Waals surface area contributed by atoms with Crippen LogP contribution in [0.15, 0.2) is 53.4 Å². The molecule has 0 amide bonds. The lowest BCUT2D eigenvalue weighted by Crippen LogP contribution is -2.07. The van der Waals surface area contributed by atoms with Gasteiger partial charge in [0.25, 0.3) is 0 Å². The molecule has 2 aromatic heterocycles. The molecule has 6 heteroatoms. The second-order valence-corrected chi connectivity index (χ2v) is 5.84. The standard InChI is InChI=1S/C19H23N5O/c1-2-3-5-14-7-9-15(10-8-14)24-19-17(20)18(22-13-23-19)21-12-16-6-4-11-25-16/h4,6-11,13H,2-3,5,12,20H2,1H3,(H2,21,22,23,24). The fourth-order valence-electron chi connectivity index (χ4n) is 2.49. The Hall–Kier alpha value is -3.02. The molecule has 0 spiro atoms. The van der Waals surface area contributed by atoms with Crippen LogP contribution in [0.3, 0.4) is 0 Å². The molecule has 4 N–H and O–H groups in total. The summed E-state index contributed by atoms with van der Waals surface area (Å²) in [5.41, 5.74) is 8.95. The van der Waals surface area contributed by atoms with E-state index < -0.39 is 0 Å². The maximum atomic E-state index is 6.19. The first kappa shape index (κ1) is 16.8. The van der Waals surface area contributed by atoms with Gasteiger partial charge in [-0.1, -0.05) is 25.5 Å². The smallest absolute Gasteiger partial charge is 0.159 e. The fourth-order valence-corrected chi connectivity index (χ4v) is 2.49. The highest BCUT2D eigenvalue weighted by molar-refractivity contribution is 5.77. The van der Waals surface area contributed by atoms with Gasteiger partial charge in [-0.15, -0.1) is 0 Å². The number of furan rings is 1. The van der Waals surface area contributed by atoms with Crippen molar-refractivity contribution in [2.75, 3.05) is 16.4 Å². The summed E-state index contributed by atoms with van der Waals surface area (Å²) in [5.74, 6) is 1.97. The van der Waals surface area contributed by atoms with Crippen molar-refractivity contribution in [1.82, 2.24) is 9.97 Å². The molecule has 0 fully saturated rings. The summed E-state index contributed by atoms with van der Waals surface area (Å²) < 4.78 is 5.30. The summed E-state index contributed by atoms with van der Waals surface area (Å²) in [4.78, 5) is 8.44. The Balaban J connectivity index is 1.66. The number of hydrogen-bond acceptors (Lipinski definition) is 6. The first-order chi connectivity index (χ1) is 12.3. The molecule has 0 aliphatic rings. The van der Waals surface area contributed by atoms with E-state index in [1.54, 1.807) is 6.26 Å². The molecule has 0 saturated heterocycles. The molecule has 0 aliphatic heterocycles. The third-order valence-electron chi connectivity index (χ3n) is 3.93. The molecule has 25 heavy (non-hydrogen) atoms. The molecular formula is C19H23N5O. The number of aryl methyl sites for hydroxylation is 1. The summed E-state index contributed by atoms with van der Waals surface area (Å²) in [6, 6.07) is 12.1.